The summed E-state index contributed by atoms with van der Waals surface area (Å²) in [5.74, 6) is 0.464. The standard InChI is InChI=1S/C17H31N3O2/c1-14-7-5-6-8-20(14)15(21)13-18-9-11-19(12-10-18)16(22)17(2,3)4/h14H,5-13H2,1-4H3. The molecule has 0 aromatic rings. The maximum absolute atomic E-state index is 12.5. The molecule has 2 aliphatic rings. The highest BCUT2D eigenvalue weighted by Gasteiger charge is 2.31. The summed E-state index contributed by atoms with van der Waals surface area (Å²) < 4.78 is 0. The summed E-state index contributed by atoms with van der Waals surface area (Å²) in [5, 5.41) is 0. The molecule has 126 valence electrons. The van der Waals surface area contributed by atoms with Crippen LogP contribution in [0.2, 0.25) is 0 Å². The van der Waals surface area contributed by atoms with Gasteiger partial charge in [0.15, 0.2) is 0 Å². The Hall–Kier alpha value is -1.10. The summed E-state index contributed by atoms with van der Waals surface area (Å²) in [4.78, 5) is 30.9. The van der Waals surface area contributed by atoms with Crippen molar-refractivity contribution in [2.45, 2.75) is 53.0 Å². The van der Waals surface area contributed by atoms with Crippen LogP contribution in [-0.2, 0) is 9.59 Å². The lowest BCUT2D eigenvalue weighted by Crippen LogP contribution is -2.54. The molecule has 2 aliphatic heterocycles. The van der Waals surface area contributed by atoms with Crippen LogP contribution in [0.4, 0.5) is 0 Å². The number of piperidine rings is 1. The van der Waals surface area contributed by atoms with Crippen LogP contribution in [0.1, 0.15) is 47.0 Å². The maximum Gasteiger partial charge on any atom is 0.236 e. The van der Waals surface area contributed by atoms with Crippen molar-refractivity contribution in [3.63, 3.8) is 0 Å². The Morgan fingerprint density at radius 1 is 1.00 bits per heavy atom. The van der Waals surface area contributed by atoms with Gasteiger partial charge in [0.05, 0.1) is 6.54 Å². The van der Waals surface area contributed by atoms with Gasteiger partial charge in [0.1, 0.15) is 0 Å². The molecule has 0 aromatic carbocycles. The molecule has 0 aromatic heterocycles. The molecule has 1 unspecified atom stereocenters. The van der Waals surface area contributed by atoms with Gasteiger partial charge in [-0.05, 0) is 26.2 Å². The molecule has 2 rings (SSSR count). The second kappa shape index (κ2) is 6.99. The van der Waals surface area contributed by atoms with Crippen LogP contribution in [-0.4, -0.2) is 71.8 Å². The van der Waals surface area contributed by atoms with Gasteiger partial charge in [0, 0.05) is 44.2 Å². The third-order valence-corrected chi connectivity index (χ3v) is 4.78. The average molecular weight is 309 g/mol. The maximum atomic E-state index is 12.5. The molecule has 0 saturated carbocycles. The van der Waals surface area contributed by atoms with Gasteiger partial charge >= 0.3 is 0 Å². The number of carbonyl (C=O) groups excluding carboxylic acids is 2. The molecule has 0 bridgehead atoms. The van der Waals surface area contributed by atoms with E-state index in [-0.39, 0.29) is 17.2 Å². The fraction of sp³-hybridized carbons (Fsp3) is 0.882. The molecule has 2 amide bonds. The number of nitrogens with zero attached hydrogens (tertiary/aromatic N) is 3. The highest BCUT2D eigenvalue weighted by molar-refractivity contribution is 5.81. The summed E-state index contributed by atoms with van der Waals surface area (Å²) in [7, 11) is 0. The van der Waals surface area contributed by atoms with E-state index in [9.17, 15) is 9.59 Å². The monoisotopic (exact) mass is 309 g/mol. The minimum atomic E-state index is -0.318. The van der Waals surface area contributed by atoms with E-state index in [2.05, 4.69) is 11.8 Å². The van der Waals surface area contributed by atoms with E-state index >= 15 is 0 Å². The number of carbonyl (C=O) groups is 2. The van der Waals surface area contributed by atoms with E-state index in [4.69, 9.17) is 0 Å². The number of hydrogen-bond acceptors (Lipinski definition) is 3. The quantitative estimate of drug-likeness (QED) is 0.778. The summed E-state index contributed by atoms with van der Waals surface area (Å²) in [6.07, 6.45) is 3.49. The number of piperazine rings is 1. The van der Waals surface area contributed by atoms with Crippen LogP contribution in [0.15, 0.2) is 0 Å². The summed E-state index contributed by atoms with van der Waals surface area (Å²) in [6.45, 7) is 12.5. The van der Waals surface area contributed by atoms with Crippen LogP contribution >= 0.6 is 0 Å². The zero-order chi connectivity index (χ0) is 16.3. The molecule has 2 heterocycles. The van der Waals surface area contributed by atoms with Gasteiger partial charge in [0.25, 0.3) is 0 Å². The van der Waals surface area contributed by atoms with Gasteiger partial charge in [-0.15, -0.1) is 0 Å². The van der Waals surface area contributed by atoms with Crippen molar-refractivity contribution in [1.82, 2.24) is 14.7 Å². The molecular formula is C17H31N3O2. The third kappa shape index (κ3) is 4.22. The smallest absolute Gasteiger partial charge is 0.236 e. The first kappa shape index (κ1) is 17.3. The van der Waals surface area contributed by atoms with E-state index < -0.39 is 0 Å². The highest BCUT2D eigenvalue weighted by Crippen LogP contribution is 2.19. The van der Waals surface area contributed by atoms with Crippen molar-refractivity contribution in [1.29, 1.82) is 0 Å². The Bertz CT molecular complexity index is 409. The van der Waals surface area contributed by atoms with E-state index in [1.165, 1.54) is 6.42 Å². The lowest BCUT2D eigenvalue weighted by Gasteiger charge is -2.39. The Balaban J connectivity index is 1.80. The summed E-state index contributed by atoms with van der Waals surface area (Å²) in [6, 6.07) is 0.380. The van der Waals surface area contributed by atoms with Crippen molar-refractivity contribution < 1.29 is 9.59 Å². The third-order valence-electron chi connectivity index (χ3n) is 4.78. The molecule has 2 saturated heterocycles. The number of rotatable bonds is 2. The Labute approximate surface area is 134 Å². The fourth-order valence-corrected chi connectivity index (χ4v) is 3.33. The summed E-state index contributed by atoms with van der Waals surface area (Å²) in [5.41, 5.74) is -0.318. The zero-order valence-electron chi connectivity index (χ0n) is 14.6. The largest absolute Gasteiger partial charge is 0.340 e. The lowest BCUT2D eigenvalue weighted by atomic mass is 9.94. The van der Waals surface area contributed by atoms with Gasteiger partial charge in [-0.1, -0.05) is 20.8 Å². The van der Waals surface area contributed by atoms with Crippen LogP contribution < -0.4 is 0 Å². The van der Waals surface area contributed by atoms with Gasteiger partial charge in [0.2, 0.25) is 11.8 Å². The lowest BCUT2D eigenvalue weighted by molar-refractivity contribution is -0.142. The molecular weight excluding hydrogens is 278 g/mol. The first-order valence-electron chi connectivity index (χ1n) is 8.60. The van der Waals surface area contributed by atoms with Crippen molar-refractivity contribution in [2.24, 2.45) is 5.41 Å². The van der Waals surface area contributed by atoms with Crippen molar-refractivity contribution >= 4 is 11.8 Å². The van der Waals surface area contributed by atoms with E-state index in [0.29, 0.717) is 12.6 Å². The van der Waals surface area contributed by atoms with Crippen LogP contribution in [0.5, 0.6) is 0 Å². The molecule has 5 nitrogen and oxygen atoms in total. The van der Waals surface area contributed by atoms with Gasteiger partial charge in [-0.2, -0.15) is 0 Å². The minimum absolute atomic E-state index is 0.211. The Kier molecular flexibility index (Phi) is 5.48. The van der Waals surface area contributed by atoms with Crippen LogP contribution in [0.3, 0.4) is 0 Å². The molecule has 0 N–H and O–H groups in total. The van der Waals surface area contributed by atoms with Gasteiger partial charge < -0.3 is 9.80 Å². The topological polar surface area (TPSA) is 43.9 Å². The minimum Gasteiger partial charge on any atom is -0.340 e. The number of likely N-dealkylation sites (tertiary alicyclic amines) is 1. The first-order chi connectivity index (χ1) is 10.3. The summed E-state index contributed by atoms with van der Waals surface area (Å²) >= 11 is 0. The average Bonchev–Trinajstić information content (AvgIpc) is 2.46. The number of amides is 2. The molecule has 22 heavy (non-hydrogen) atoms. The van der Waals surface area contributed by atoms with Crippen molar-refractivity contribution in [3.05, 3.63) is 0 Å². The fourth-order valence-electron chi connectivity index (χ4n) is 3.33. The first-order valence-corrected chi connectivity index (χ1v) is 8.60. The van der Waals surface area contributed by atoms with Gasteiger partial charge in [-0.3, -0.25) is 14.5 Å². The van der Waals surface area contributed by atoms with E-state index in [0.717, 1.165) is 45.6 Å². The van der Waals surface area contributed by atoms with Crippen LogP contribution in [0.25, 0.3) is 0 Å². The second-order valence-electron chi connectivity index (χ2n) is 7.75. The molecule has 1 atom stereocenters. The Morgan fingerprint density at radius 3 is 2.18 bits per heavy atom. The number of hydrogen-bond donors (Lipinski definition) is 0. The van der Waals surface area contributed by atoms with Gasteiger partial charge in [-0.25, -0.2) is 0 Å². The predicted molar refractivity (Wildman–Crippen MR) is 87.5 cm³/mol. The van der Waals surface area contributed by atoms with E-state index in [1.54, 1.807) is 0 Å². The van der Waals surface area contributed by atoms with E-state index in [1.807, 2.05) is 30.6 Å². The van der Waals surface area contributed by atoms with Crippen LogP contribution in [0, 0.1) is 5.41 Å². The predicted octanol–water partition coefficient (Wildman–Crippen LogP) is 1.58. The normalized spacial score (nSPS) is 24.5. The molecule has 2 fully saturated rings. The molecule has 0 radical (unpaired) electrons. The molecule has 0 spiro atoms. The second-order valence-corrected chi connectivity index (χ2v) is 7.75. The highest BCUT2D eigenvalue weighted by atomic mass is 16.2. The van der Waals surface area contributed by atoms with Crippen molar-refractivity contribution in [3.8, 4) is 0 Å². The Morgan fingerprint density at radius 2 is 1.64 bits per heavy atom. The zero-order valence-corrected chi connectivity index (χ0v) is 14.6. The molecule has 5 heteroatoms. The van der Waals surface area contributed by atoms with Crippen molar-refractivity contribution in [2.75, 3.05) is 39.3 Å². The SMILES string of the molecule is CC1CCCCN1C(=O)CN1CCN(C(=O)C(C)(C)C)CC1. The molecule has 0 aliphatic carbocycles.